The van der Waals surface area contributed by atoms with E-state index in [0.717, 1.165) is 45.8 Å². The minimum Gasteiger partial charge on any atom is -0.382 e. The lowest BCUT2D eigenvalue weighted by Crippen LogP contribution is -2.56. The number of rotatable bonds is 6. The van der Waals surface area contributed by atoms with E-state index in [0.29, 0.717) is 12.5 Å². The standard InChI is InChI=1S/C11H26N6O/c1-3-18-10-4-5-13-11(14-12)15-17-8-6-16(2)7-9-17/h3-10,12H2,1-2H3,(H2,13,14,15). The molecule has 0 aromatic heterocycles. The Labute approximate surface area is 109 Å². The summed E-state index contributed by atoms with van der Waals surface area (Å²) in [6, 6.07) is 0. The topological polar surface area (TPSA) is 78.1 Å². The van der Waals surface area contributed by atoms with Gasteiger partial charge in [-0.25, -0.2) is 10.9 Å². The number of nitrogens with one attached hydrogen (secondary N) is 2. The van der Waals surface area contributed by atoms with Crippen molar-refractivity contribution in [1.29, 1.82) is 0 Å². The fourth-order valence-electron chi connectivity index (χ4n) is 1.68. The highest BCUT2D eigenvalue weighted by molar-refractivity contribution is 5.78. The average Bonchev–Trinajstić information content (AvgIpc) is 2.39. The number of guanidine groups is 1. The highest BCUT2D eigenvalue weighted by Crippen LogP contribution is 1.95. The Kier molecular flexibility index (Phi) is 7.66. The van der Waals surface area contributed by atoms with Crippen LogP contribution < -0.4 is 16.7 Å². The third kappa shape index (κ3) is 6.15. The monoisotopic (exact) mass is 258 g/mol. The molecule has 7 nitrogen and oxygen atoms in total. The molecule has 1 rings (SSSR count). The van der Waals surface area contributed by atoms with Gasteiger partial charge in [-0.3, -0.25) is 15.8 Å². The molecule has 0 aromatic carbocycles. The molecule has 18 heavy (non-hydrogen) atoms. The van der Waals surface area contributed by atoms with E-state index in [-0.39, 0.29) is 0 Å². The van der Waals surface area contributed by atoms with Crippen LogP contribution in [0, 0.1) is 0 Å². The quantitative estimate of drug-likeness (QED) is 0.186. The smallest absolute Gasteiger partial charge is 0.220 e. The first kappa shape index (κ1) is 15.2. The van der Waals surface area contributed by atoms with Gasteiger partial charge in [0.15, 0.2) is 0 Å². The van der Waals surface area contributed by atoms with Crippen molar-refractivity contribution >= 4 is 5.96 Å². The second-order valence-corrected chi connectivity index (χ2v) is 4.33. The molecule has 0 aliphatic carbocycles. The number of nitrogens with zero attached hydrogens (tertiary/aromatic N) is 3. The van der Waals surface area contributed by atoms with Gasteiger partial charge in [-0.15, -0.1) is 0 Å². The van der Waals surface area contributed by atoms with E-state index >= 15 is 0 Å². The Hall–Kier alpha value is -0.890. The number of piperazine rings is 1. The molecule has 0 atom stereocenters. The van der Waals surface area contributed by atoms with E-state index in [2.05, 4.69) is 32.8 Å². The summed E-state index contributed by atoms with van der Waals surface area (Å²) in [6.45, 7) is 8.24. The lowest BCUT2D eigenvalue weighted by Gasteiger charge is -2.33. The van der Waals surface area contributed by atoms with Crippen LogP contribution in [0.25, 0.3) is 0 Å². The van der Waals surface area contributed by atoms with E-state index in [4.69, 9.17) is 10.6 Å². The summed E-state index contributed by atoms with van der Waals surface area (Å²) in [5.41, 5.74) is 5.79. The fraction of sp³-hybridized carbons (Fsp3) is 0.909. The predicted octanol–water partition coefficient (Wildman–Crippen LogP) is -1.02. The summed E-state index contributed by atoms with van der Waals surface area (Å²) in [5.74, 6) is 6.07. The van der Waals surface area contributed by atoms with Crippen LogP contribution in [0.5, 0.6) is 0 Å². The van der Waals surface area contributed by atoms with Crippen LogP contribution in [0.15, 0.2) is 4.99 Å². The molecule has 0 saturated carbocycles. The van der Waals surface area contributed by atoms with E-state index < -0.39 is 0 Å². The van der Waals surface area contributed by atoms with Gasteiger partial charge >= 0.3 is 0 Å². The molecule has 7 heteroatoms. The van der Waals surface area contributed by atoms with Gasteiger partial charge in [0.2, 0.25) is 5.96 Å². The summed E-state index contributed by atoms with van der Waals surface area (Å²) in [7, 11) is 2.13. The lowest BCUT2D eigenvalue weighted by atomic mass is 10.4. The molecular weight excluding hydrogens is 232 g/mol. The maximum atomic E-state index is 5.45. The molecule has 1 heterocycles. The Bertz CT molecular complexity index is 240. The molecule has 0 bridgehead atoms. The summed E-state index contributed by atoms with van der Waals surface area (Å²) in [5, 5.41) is 2.13. The van der Waals surface area contributed by atoms with Crippen LogP contribution in [-0.4, -0.2) is 68.9 Å². The summed E-state index contributed by atoms with van der Waals surface area (Å²) in [4.78, 5) is 6.66. The Morgan fingerprint density at radius 2 is 2.06 bits per heavy atom. The van der Waals surface area contributed by atoms with E-state index in [1.54, 1.807) is 0 Å². The van der Waals surface area contributed by atoms with E-state index in [1.165, 1.54) is 0 Å². The number of hydrogen-bond acceptors (Lipinski definition) is 5. The van der Waals surface area contributed by atoms with Crippen molar-refractivity contribution in [2.75, 3.05) is 53.0 Å². The number of aliphatic imine (C=N–C) groups is 1. The zero-order valence-electron chi connectivity index (χ0n) is 11.5. The zero-order valence-corrected chi connectivity index (χ0v) is 11.5. The fourth-order valence-corrected chi connectivity index (χ4v) is 1.68. The largest absolute Gasteiger partial charge is 0.382 e. The average molecular weight is 258 g/mol. The van der Waals surface area contributed by atoms with E-state index in [9.17, 15) is 0 Å². The van der Waals surface area contributed by atoms with Crippen molar-refractivity contribution in [3.05, 3.63) is 0 Å². The molecule has 1 saturated heterocycles. The number of nitrogens with two attached hydrogens (primary N) is 1. The normalized spacial score (nSPS) is 18.9. The number of ether oxygens (including phenoxy) is 1. The first-order valence-electron chi connectivity index (χ1n) is 6.55. The first-order valence-corrected chi connectivity index (χ1v) is 6.55. The number of likely N-dealkylation sites (N-methyl/N-ethyl adjacent to an activating group) is 1. The van der Waals surface area contributed by atoms with Gasteiger partial charge < -0.3 is 9.64 Å². The highest BCUT2D eigenvalue weighted by atomic mass is 16.5. The molecular formula is C11H26N6O. The second kappa shape index (κ2) is 9.09. The third-order valence-electron chi connectivity index (χ3n) is 2.82. The summed E-state index contributed by atoms with van der Waals surface area (Å²) in [6.07, 6.45) is 0.906. The molecule has 0 unspecified atom stereocenters. The van der Waals surface area contributed by atoms with Gasteiger partial charge in [0.05, 0.1) is 0 Å². The first-order chi connectivity index (χ1) is 8.76. The molecule has 1 fully saturated rings. The van der Waals surface area contributed by atoms with Gasteiger partial charge in [0.25, 0.3) is 0 Å². The van der Waals surface area contributed by atoms with Crippen molar-refractivity contribution in [1.82, 2.24) is 20.8 Å². The van der Waals surface area contributed by atoms with Crippen LogP contribution in [0.2, 0.25) is 0 Å². The lowest BCUT2D eigenvalue weighted by molar-refractivity contribution is 0.129. The predicted molar refractivity (Wildman–Crippen MR) is 72.9 cm³/mol. The van der Waals surface area contributed by atoms with Gasteiger partial charge in [-0.2, -0.15) is 0 Å². The highest BCUT2D eigenvalue weighted by Gasteiger charge is 2.14. The number of hydrazine groups is 2. The van der Waals surface area contributed by atoms with Crippen molar-refractivity contribution in [3.8, 4) is 0 Å². The maximum Gasteiger partial charge on any atom is 0.220 e. The molecule has 0 radical (unpaired) electrons. The SMILES string of the molecule is CCOCCCN=C(NN)NN1CCN(C)CC1. The maximum absolute atomic E-state index is 5.45. The Balaban J connectivity index is 2.21. The van der Waals surface area contributed by atoms with Crippen LogP contribution in [-0.2, 0) is 4.74 Å². The van der Waals surface area contributed by atoms with Crippen molar-refractivity contribution in [2.45, 2.75) is 13.3 Å². The number of hydrogen-bond donors (Lipinski definition) is 3. The molecule has 1 aliphatic heterocycles. The summed E-state index contributed by atoms with van der Waals surface area (Å²) < 4.78 is 5.25. The minimum atomic E-state index is 0.621. The van der Waals surface area contributed by atoms with Crippen molar-refractivity contribution in [3.63, 3.8) is 0 Å². The van der Waals surface area contributed by atoms with Crippen LogP contribution in [0.3, 0.4) is 0 Å². The molecule has 0 spiro atoms. The zero-order chi connectivity index (χ0) is 13.2. The van der Waals surface area contributed by atoms with Gasteiger partial charge in [0.1, 0.15) is 0 Å². The Morgan fingerprint density at radius 1 is 1.33 bits per heavy atom. The third-order valence-corrected chi connectivity index (χ3v) is 2.82. The molecule has 0 aromatic rings. The minimum absolute atomic E-state index is 0.621. The molecule has 1 aliphatic rings. The van der Waals surface area contributed by atoms with Crippen LogP contribution >= 0.6 is 0 Å². The van der Waals surface area contributed by atoms with Crippen molar-refractivity contribution in [2.24, 2.45) is 10.8 Å². The summed E-state index contributed by atoms with van der Waals surface area (Å²) >= 11 is 0. The van der Waals surface area contributed by atoms with Crippen LogP contribution in [0.4, 0.5) is 0 Å². The van der Waals surface area contributed by atoms with Gasteiger partial charge in [0, 0.05) is 45.9 Å². The molecule has 0 amide bonds. The van der Waals surface area contributed by atoms with Gasteiger partial charge in [-0.1, -0.05) is 0 Å². The second-order valence-electron chi connectivity index (χ2n) is 4.33. The van der Waals surface area contributed by atoms with Gasteiger partial charge in [-0.05, 0) is 20.4 Å². The van der Waals surface area contributed by atoms with E-state index in [1.807, 2.05) is 6.92 Å². The van der Waals surface area contributed by atoms with Crippen molar-refractivity contribution < 1.29 is 4.74 Å². The van der Waals surface area contributed by atoms with Crippen LogP contribution in [0.1, 0.15) is 13.3 Å². The Morgan fingerprint density at radius 3 is 2.67 bits per heavy atom. The molecule has 4 N–H and O–H groups in total. The molecule has 106 valence electrons.